The summed E-state index contributed by atoms with van der Waals surface area (Å²) in [7, 11) is 0. The van der Waals surface area contributed by atoms with Crippen LogP contribution in [-0.2, 0) is 0 Å². The molecule has 0 aliphatic rings. The maximum Gasteiger partial charge on any atom is 0.130 e. The van der Waals surface area contributed by atoms with Crippen LogP contribution in [0.3, 0.4) is 0 Å². The number of nitrogens with one attached hydrogen (secondary N) is 1. The topological polar surface area (TPSA) is 12.0 Å². The number of hydrogen-bond acceptors (Lipinski definition) is 1. The van der Waals surface area contributed by atoms with Gasteiger partial charge in [-0.05, 0) is 0 Å². The first-order valence-corrected chi connectivity index (χ1v) is 2.70. The lowest BCUT2D eigenvalue weighted by atomic mass is 10.6. The van der Waals surface area contributed by atoms with E-state index in [-0.39, 0.29) is 0 Å². The van der Waals surface area contributed by atoms with Crippen LogP contribution in [0.25, 0.3) is 0 Å². The highest BCUT2D eigenvalue weighted by Crippen LogP contribution is 1.74. The minimum Gasteiger partial charge on any atom is -0.368 e. The van der Waals surface area contributed by atoms with Crippen molar-refractivity contribution < 1.29 is 0 Å². The van der Waals surface area contributed by atoms with Crippen molar-refractivity contribution in [3.63, 3.8) is 0 Å². The normalized spacial score (nSPS) is 7.57. The molecule has 0 heterocycles. The predicted octanol–water partition coefficient (Wildman–Crippen LogP) is 0.977. The minimum absolute atomic E-state index is 0.514. The molecular formula is C4H7NS2. The highest BCUT2D eigenvalue weighted by molar-refractivity contribution is 8.11. The number of thiol groups is 1. The van der Waals surface area contributed by atoms with Crippen LogP contribution in [0, 0.1) is 0 Å². The third-order valence-electron chi connectivity index (χ3n) is 0.398. The van der Waals surface area contributed by atoms with E-state index in [1.54, 1.807) is 6.08 Å². The third kappa shape index (κ3) is 5.98. The highest BCUT2D eigenvalue weighted by atomic mass is 32.1. The van der Waals surface area contributed by atoms with E-state index in [4.69, 9.17) is 0 Å². The predicted molar refractivity (Wildman–Crippen MR) is 39.8 cm³/mol. The van der Waals surface area contributed by atoms with Crippen LogP contribution < -0.4 is 5.32 Å². The average molecular weight is 133 g/mol. The third-order valence-corrected chi connectivity index (χ3v) is 0.700. The molecule has 0 aromatic carbocycles. The molecule has 0 spiro atoms. The quantitative estimate of drug-likeness (QED) is 0.331. The summed E-state index contributed by atoms with van der Waals surface area (Å²) in [6.45, 7) is 4.17. The van der Waals surface area contributed by atoms with E-state index in [0.29, 0.717) is 10.9 Å². The molecule has 0 unspecified atom stereocenters. The molecule has 0 aromatic heterocycles. The first-order valence-electron chi connectivity index (χ1n) is 1.85. The van der Waals surface area contributed by atoms with Crippen molar-refractivity contribution in [1.29, 1.82) is 0 Å². The van der Waals surface area contributed by atoms with Gasteiger partial charge in [-0.2, -0.15) is 0 Å². The van der Waals surface area contributed by atoms with Crippen LogP contribution in [0.4, 0.5) is 0 Å². The van der Waals surface area contributed by atoms with Gasteiger partial charge in [-0.25, -0.2) is 0 Å². The molecule has 3 heteroatoms. The highest BCUT2D eigenvalue weighted by Gasteiger charge is 1.77. The summed E-state index contributed by atoms with van der Waals surface area (Å²) in [5.74, 6) is 0. The molecule has 40 valence electrons. The zero-order valence-corrected chi connectivity index (χ0v) is 5.56. The summed E-state index contributed by atoms with van der Waals surface area (Å²) in [4.78, 5) is 0. The summed E-state index contributed by atoms with van der Waals surface area (Å²) in [6, 6.07) is 0. The maximum atomic E-state index is 4.57. The zero-order valence-electron chi connectivity index (χ0n) is 3.85. The Hall–Kier alpha value is -0.0200. The minimum atomic E-state index is 0.514. The summed E-state index contributed by atoms with van der Waals surface area (Å²) < 4.78 is 0.514. The Morgan fingerprint density at radius 3 is 2.71 bits per heavy atom. The first kappa shape index (κ1) is 6.98. The van der Waals surface area contributed by atoms with Crippen molar-refractivity contribution >= 4 is 29.2 Å². The fourth-order valence-corrected chi connectivity index (χ4v) is 0.334. The molecule has 0 aliphatic carbocycles. The number of thiocarbonyl (C=S) groups is 1. The molecule has 0 atom stereocenters. The van der Waals surface area contributed by atoms with E-state index in [2.05, 4.69) is 36.7 Å². The molecule has 0 saturated heterocycles. The molecular weight excluding hydrogens is 126 g/mol. The molecule has 0 aromatic rings. The van der Waals surface area contributed by atoms with Crippen molar-refractivity contribution in [1.82, 2.24) is 5.32 Å². The number of rotatable bonds is 2. The molecule has 7 heavy (non-hydrogen) atoms. The maximum absolute atomic E-state index is 4.57. The van der Waals surface area contributed by atoms with Gasteiger partial charge in [0.05, 0.1) is 0 Å². The molecule has 1 N–H and O–H groups in total. The van der Waals surface area contributed by atoms with Crippen LogP contribution in [0.2, 0.25) is 0 Å². The van der Waals surface area contributed by atoms with Gasteiger partial charge in [0.25, 0.3) is 0 Å². The van der Waals surface area contributed by atoms with E-state index in [0.717, 1.165) is 0 Å². The van der Waals surface area contributed by atoms with Crippen molar-refractivity contribution in [3.05, 3.63) is 12.7 Å². The zero-order chi connectivity index (χ0) is 5.70. The second-order valence-electron chi connectivity index (χ2n) is 0.975. The summed E-state index contributed by atoms with van der Waals surface area (Å²) in [5.41, 5.74) is 0. The Balaban J connectivity index is 2.97. The molecule has 0 saturated carbocycles. The second-order valence-corrected chi connectivity index (χ2v) is 2.13. The fraction of sp³-hybridized carbons (Fsp3) is 0.250. The Morgan fingerprint density at radius 1 is 2.00 bits per heavy atom. The largest absolute Gasteiger partial charge is 0.368 e. The lowest BCUT2D eigenvalue weighted by Crippen LogP contribution is -2.14. The van der Waals surface area contributed by atoms with E-state index < -0.39 is 0 Å². The van der Waals surface area contributed by atoms with Gasteiger partial charge >= 0.3 is 0 Å². The SMILES string of the molecule is C=CCNC(=S)S. The van der Waals surface area contributed by atoms with Crippen molar-refractivity contribution in [2.75, 3.05) is 6.54 Å². The molecule has 0 amide bonds. The van der Waals surface area contributed by atoms with Crippen molar-refractivity contribution in [3.8, 4) is 0 Å². The molecule has 0 fully saturated rings. The van der Waals surface area contributed by atoms with E-state index in [9.17, 15) is 0 Å². The van der Waals surface area contributed by atoms with Crippen LogP contribution in [0.5, 0.6) is 0 Å². The summed E-state index contributed by atoms with van der Waals surface area (Å²) in [6.07, 6.45) is 1.72. The van der Waals surface area contributed by atoms with E-state index >= 15 is 0 Å². The van der Waals surface area contributed by atoms with Gasteiger partial charge in [0, 0.05) is 6.54 Å². The Kier molecular flexibility index (Phi) is 4.14. The smallest absolute Gasteiger partial charge is 0.130 e. The number of hydrogen-bond donors (Lipinski definition) is 2. The Bertz CT molecular complexity index is 79.8. The Morgan fingerprint density at radius 2 is 2.57 bits per heavy atom. The van der Waals surface area contributed by atoms with Crippen molar-refractivity contribution in [2.24, 2.45) is 0 Å². The summed E-state index contributed by atoms with van der Waals surface area (Å²) >= 11 is 8.37. The molecule has 1 nitrogen and oxygen atoms in total. The van der Waals surface area contributed by atoms with E-state index in [1.165, 1.54) is 0 Å². The van der Waals surface area contributed by atoms with Crippen LogP contribution in [-0.4, -0.2) is 10.9 Å². The van der Waals surface area contributed by atoms with Crippen molar-refractivity contribution in [2.45, 2.75) is 0 Å². The van der Waals surface area contributed by atoms with Gasteiger partial charge in [-0.15, -0.1) is 19.2 Å². The Labute approximate surface area is 54.2 Å². The monoisotopic (exact) mass is 133 g/mol. The first-order chi connectivity index (χ1) is 3.27. The van der Waals surface area contributed by atoms with Gasteiger partial charge in [-0.3, -0.25) is 0 Å². The van der Waals surface area contributed by atoms with E-state index in [1.807, 2.05) is 0 Å². The van der Waals surface area contributed by atoms with Gasteiger partial charge in [0.15, 0.2) is 0 Å². The lowest BCUT2D eigenvalue weighted by molar-refractivity contribution is 1.08. The molecule has 0 aliphatic heterocycles. The van der Waals surface area contributed by atoms with Gasteiger partial charge in [0.1, 0.15) is 4.32 Å². The summed E-state index contributed by atoms with van der Waals surface area (Å²) in [5, 5.41) is 2.77. The van der Waals surface area contributed by atoms with Gasteiger partial charge < -0.3 is 5.32 Å². The van der Waals surface area contributed by atoms with Crippen LogP contribution >= 0.6 is 24.8 Å². The fourth-order valence-electron chi connectivity index (χ4n) is 0.159. The van der Waals surface area contributed by atoms with Crippen LogP contribution in [0.15, 0.2) is 12.7 Å². The van der Waals surface area contributed by atoms with Gasteiger partial charge in [0.2, 0.25) is 0 Å². The second kappa shape index (κ2) is 4.15. The lowest BCUT2D eigenvalue weighted by Gasteiger charge is -1.93. The van der Waals surface area contributed by atoms with Gasteiger partial charge in [-0.1, -0.05) is 18.3 Å². The molecule has 0 bridgehead atoms. The molecule has 0 rings (SSSR count). The molecule has 0 radical (unpaired) electrons. The standard InChI is InChI=1S/C4H7NS2/c1-2-3-5-4(6)7/h2H,1,3H2,(H2,5,6,7). The van der Waals surface area contributed by atoms with Crippen LogP contribution in [0.1, 0.15) is 0 Å². The average Bonchev–Trinajstić information content (AvgIpc) is 1.61.